The Balaban J connectivity index is 2.26. The highest BCUT2D eigenvalue weighted by atomic mass is 16.5. The number of nitrogens with one attached hydrogen (secondary N) is 1. The van der Waals surface area contributed by atoms with Crippen molar-refractivity contribution in [3.8, 4) is 5.88 Å². The van der Waals surface area contributed by atoms with Crippen LogP contribution in [0.4, 0.5) is 5.69 Å². The molecule has 0 aromatic carbocycles. The first-order chi connectivity index (χ1) is 7.72. The summed E-state index contributed by atoms with van der Waals surface area (Å²) in [5.74, 6) is 0.676. The summed E-state index contributed by atoms with van der Waals surface area (Å²) in [4.78, 5) is 6.56. The van der Waals surface area contributed by atoms with Crippen molar-refractivity contribution in [2.45, 2.75) is 25.9 Å². The zero-order valence-corrected chi connectivity index (χ0v) is 10.1. The lowest BCUT2D eigenvalue weighted by molar-refractivity contribution is 0.395. The molecule has 1 N–H and O–H groups in total. The minimum absolute atomic E-state index is 0.496. The van der Waals surface area contributed by atoms with Gasteiger partial charge in [0.05, 0.1) is 7.11 Å². The van der Waals surface area contributed by atoms with Crippen molar-refractivity contribution < 1.29 is 4.74 Å². The molecule has 0 unspecified atom stereocenters. The van der Waals surface area contributed by atoms with Crippen LogP contribution in [0.15, 0.2) is 18.3 Å². The summed E-state index contributed by atoms with van der Waals surface area (Å²) < 4.78 is 5.16. The Labute approximate surface area is 96.6 Å². The second kappa shape index (κ2) is 4.70. The molecule has 0 saturated carbocycles. The van der Waals surface area contributed by atoms with Crippen LogP contribution in [0.25, 0.3) is 0 Å². The molecule has 4 nitrogen and oxygen atoms in total. The van der Waals surface area contributed by atoms with Crippen molar-refractivity contribution in [2.24, 2.45) is 0 Å². The Bertz CT molecular complexity index is 346. The summed E-state index contributed by atoms with van der Waals surface area (Å²) in [5, 5.41) is 3.42. The molecule has 0 amide bonds. The van der Waals surface area contributed by atoms with Gasteiger partial charge in [-0.1, -0.05) is 0 Å². The van der Waals surface area contributed by atoms with E-state index >= 15 is 0 Å². The van der Waals surface area contributed by atoms with E-state index < -0.39 is 0 Å². The van der Waals surface area contributed by atoms with Crippen molar-refractivity contribution in [3.05, 3.63) is 18.3 Å². The van der Waals surface area contributed by atoms with Crippen molar-refractivity contribution >= 4 is 5.69 Å². The zero-order valence-electron chi connectivity index (χ0n) is 10.1. The Morgan fingerprint density at radius 1 is 1.38 bits per heavy atom. The van der Waals surface area contributed by atoms with Crippen molar-refractivity contribution in [3.63, 3.8) is 0 Å². The average Bonchev–Trinajstić information content (AvgIpc) is 2.29. The Morgan fingerprint density at radius 2 is 2.06 bits per heavy atom. The second-order valence-corrected chi connectivity index (χ2v) is 4.32. The molecule has 2 atom stereocenters. The van der Waals surface area contributed by atoms with E-state index in [1.54, 1.807) is 13.3 Å². The third-order valence-corrected chi connectivity index (χ3v) is 3.05. The van der Waals surface area contributed by atoms with E-state index in [1.165, 1.54) is 5.69 Å². The highest BCUT2D eigenvalue weighted by Gasteiger charge is 2.24. The van der Waals surface area contributed by atoms with Gasteiger partial charge in [-0.2, -0.15) is 0 Å². The molecular formula is C12H19N3O. The predicted octanol–water partition coefficient (Wildman–Crippen LogP) is 1.28. The van der Waals surface area contributed by atoms with Crippen LogP contribution < -0.4 is 15.0 Å². The first-order valence-electron chi connectivity index (χ1n) is 5.71. The van der Waals surface area contributed by atoms with Crippen LogP contribution in [0.5, 0.6) is 5.88 Å². The third kappa shape index (κ3) is 2.11. The fraction of sp³-hybridized carbons (Fsp3) is 0.583. The lowest BCUT2D eigenvalue weighted by Crippen LogP contribution is -2.55. The number of hydrogen-bond donors (Lipinski definition) is 1. The summed E-state index contributed by atoms with van der Waals surface area (Å²) in [6, 6.07) is 5.03. The number of rotatable bonds is 2. The summed E-state index contributed by atoms with van der Waals surface area (Å²) in [6.45, 7) is 6.51. The lowest BCUT2D eigenvalue weighted by Gasteiger charge is -2.41. The number of ether oxygens (including phenoxy) is 1. The molecule has 16 heavy (non-hydrogen) atoms. The number of aromatic nitrogens is 1. The highest BCUT2D eigenvalue weighted by molar-refractivity contribution is 5.50. The molecule has 4 heteroatoms. The van der Waals surface area contributed by atoms with E-state index in [1.807, 2.05) is 12.1 Å². The van der Waals surface area contributed by atoms with Gasteiger partial charge in [-0.05, 0) is 19.9 Å². The lowest BCUT2D eigenvalue weighted by atomic mass is 10.1. The monoisotopic (exact) mass is 221 g/mol. The van der Waals surface area contributed by atoms with Gasteiger partial charge in [0.1, 0.15) is 0 Å². The van der Waals surface area contributed by atoms with Crippen LogP contribution in [0.1, 0.15) is 13.8 Å². The van der Waals surface area contributed by atoms with E-state index in [-0.39, 0.29) is 0 Å². The zero-order chi connectivity index (χ0) is 11.5. The highest BCUT2D eigenvalue weighted by Crippen LogP contribution is 2.24. The van der Waals surface area contributed by atoms with Gasteiger partial charge in [-0.3, -0.25) is 0 Å². The molecule has 1 aromatic rings. The number of piperazine rings is 1. The van der Waals surface area contributed by atoms with E-state index in [2.05, 4.69) is 29.0 Å². The predicted molar refractivity (Wildman–Crippen MR) is 65.1 cm³/mol. The SMILES string of the molecule is COc1cc(N2[C@H](C)CNC[C@H]2C)ccn1. The standard InChI is InChI=1S/C12H19N3O/c1-9-7-13-8-10(2)15(9)11-4-5-14-12(6-11)16-3/h4-6,9-10,13H,7-8H2,1-3H3/t9-,10-/m1/s1. The molecule has 0 spiro atoms. The van der Waals surface area contributed by atoms with Crippen LogP contribution in [-0.4, -0.2) is 37.3 Å². The Morgan fingerprint density at radius 3 is 2.69 bits per heavy atom. The van der Waals surface area contributed by atoms with Crippen LogP contribution in [0.2, 0.25) is 0 Å². The Kier molecular flexibility index (Phi) is 3.29. The first-order valence-corrected chi connectivity index (χ1v) is 5.71. The minimum atomic E-state index is 0.496. The van der Waals surface area contributed by atoms with Crippen molar-refractivity contribution in [2.75, 3.05) is 25.1 Å². The van der Waals surface area contributed by atoms with Crippen molar-refractivity contribution in [1.29, 1.82) is 0 Å². The molecule has 0 bridgehead atoms. The normalized spacial score (nSPS) is 25.6. The van der Waals surface area contributed by atoms with Crippen LogP contribution in [-0.2, 0) is 0 Å². The fourth-order valence-electron chi connectivity index (χ4n) is 2.31. The van der Waals surface area contributed by atoms with Gasteiger partial charge in [-0.25, -0.2) is 4.98 Å². The van der Waals surface area contributed by atoms with E-state index in [0.29, 0.717) is 18.0 Å². The molecule has 2 rings (SSSR count). The number of anilines is 1. The maximum absolute atomic E-state index is 5.16. The third-order valence-electron chi connectivity index (χ3n) is 3.05. The summed E-state index contributed by atoms with van der Waals surface area (Å²) in [5.41, 5.74) is 1.19. The van der Waals surface area contributed by atoms with E-state index in [9.17, 15) is 0 Å². The average molecular weight is 221 g/mol. The van der Waals surface area contributed by atoms with Crippen LogP contribution >= 0.6 is 0 Å². The quantitative estimate of drug-likeness (QED) is 0.816. The Hall–Kier alpha value is -1.29. The fourth-order valence-corrected chi connectivity index (χ4v) is 2.31. The molecule has 0 radical (unpaired) electrons. The van der Waals surface area contributed by atoms with Gasteiger partial charge in [0.25, 0.3) is 0 Å². The maximum atomic E-state index is 5.16. The van der Waals surface area contributed by atoms with Gasteiger partial charge in [0.2, 0.25) is 5.88 Å². The summed E-state index contributed by atoms with van der Waals surface area (Å²) >= 11 is 0. The largest absolute Gasteiger partial charge is 0.481 e. The van der Waals surface area contributed by atoms with Gasteiger partial charge in [0, 0.05) is 43.1 Å². The molecule has 1 saturated heterocycles. The molecule has 1 fully saturated rings. The molecule has 88 valence electrons. The van der Waals surface area contributed by atoms with Gasteiger partial charge >= 0.3 is 0 Å². The van der Waals surface area contributed by atoms with E-state index in [0.717, 1.165) is 13.1 Å². The number of hydrogen-bond acceptors (Lipinski definition) is 4. The number of methoxy groups -OCH3 is 1. The summed E-state index contributed by atoms with van der Waals surface area (Å²) in [6.07, 6.45) is 1.80. The van der Waals surface area contributed by atoms with Gasteiger partial charge in [0.15, 0.2) is 0 Å². The van der Waals surface area contributed by atoms with Gasteiger partial charge < -0.3 is 15.0 Å². The molecule has 0 aliphatic carbocycles. The van der Waals surface area contributed by atoms with Crippen LogP contribution in [0.3, 0.4) is 0 Å². The van der Waals surface area contributed by atoms with Crippen molar-refractivity contribution in [1.82, 2.24) is 10.3 Å². The first kappa shape index (κ1) is 11.2. The minimum Gasteiger partial charge on any atom is -0.481 e. The van der Waals surface area contributed by atoms with Gasteiger partial charge in [-0.15, -0.1) is 0 Å². The number of nitrogens with zero attached hydrogens (tertiary/aromatic N) is 2. The topological polar surface area (TPSA) is 37.4 Å². The molecule has 1 aromatic heterocycles. The number of pyridine rings is 1. The molecule has 1 aliphatic heterocycles. The molecule has 1 aliphatic rings. The summed E-state index contributed by atoms with van der Waals surface area (Å²) in [7, 11) is 1.65. The van der Waals surface area contributed by atoms with E-state index in [4.69, 9.17) is 4.74 Å². The molecule has 2 heterocycles. The molecular weight excluding hydrogens is 202 g/mol. The second-order valence-electron chi connectivity index (χ2n) is 4.32. The smallest absolute Gasteiger partial charge is 0.214 e. The maximum Gasteiger partial charge on any atom is 0.214 e. The van der Waals surface area contributed by atoms with Crippen LogP contribution in [0, 0.1) is 0 Å².